The zero-order valence-electron chi connectivity index (χ0n) is 28.3. The summed E-state index contributed by atoms with van der Waals surface area (Å²) in [6, 6.07) is 21.8. The molecule has 5 rings (SSSR count). The number of carbonyl (C=O) groups excluding carboxylic acids is 1. The average molecular weight is 671 g/mol. The molecule has 0 fully saturated rings. The number of aryl methyl sites for hydroxylation is 1. The number of tetrazole rings is 1. The Labute approximate surface area is 286 Å². The number of imidazole rings is 1. The van der Waals surface area contributed by atoms with Gasteiger partial charge in [0.2, 0.25) is 5.78 Å². The molecule has 0 saturated heterocycles. The number of hydrogen-bond acceptors (Lipinski definition) is 9. The number of benzene rings is 2. The zero-order valence-corrected chi connectivity index (χ0v) is 29.0. The van der Waals surface area contributed by atoms with Gasteiger partial charge in [-0.3, -0.25) is 9.63 Å². The molecule has 1 unspecified atom stereocenters. The van der Waals surface area contributed by atoms with Gasteiger partial charge in [0.25, 0.3) is 0 Å². The van der Waals surface area contributed by atoms with Gasteiger partial charge in [0.05, 0.1) is 18.8 Å². The van der Waals surface area contributed by atoms with Crippen LogP contribution in [0.1, 0.15) is 87.0 Å². The van der Waals surface area contributed by atoms with Crippen molar-refractivity contribution < 1.29 is 14.4 Å². The third-order valence-corrected chi connectivity index (χ3v) is 8.27. The largest absolute Gasteiger partial charge is 0.357 e. The van der Waals surface area contributed by atoms with Gasteiger partial charge in [-0.25, -0.2) is 9.97 Å². The Morgan fingerprint density at radius 3 is 2.50 bits per heavy atom. The number of rotatable bonds is 17. The molecule has 48 heavy (non-hydrogen) atoms. The first-order chi connectivity index (χ1) is 23.4. The quantitative estimate of drug-likeness (QED) is 0.0748. The number of carbonyl (C=O) groups is 1. The summed E-state index contributed by atoms with van der Waals surface area (Å²) in [6.45, 7) is 12.5. The summed E-state index contributed by atoms with van der Waals surface area (Å²) >= 11 is 6.78. The van der Waals surface area contributed by atoms with Crippen molar-refractivity contribution in [3.63, 3.8) is 0 Å². The van der Waals surface area contributed by atoms with Gasteiger partial charge in [-0.1, -0.05) is 80.4 Å². The molecule has 0 aliphatic carbocycles. The number of halogens is 1. The van der Waals surface area contributed by atoms with E-state index in [2.05, 4.69) is 52.8 Å². The predicted octanol–water partition coefficient (Wildman–Crippen LogP) is 7.20. The maximum Gasteiger partial charge on any atom is 0.230 e. The molecular formula is C36H43ClN8O3. The van der Waals surface area contributed by atoms with Crippen LogP contribution in [-0.4, -0.2) is 65.3 Å². The molecule has 0 aliphatic heterocycles. The number of aromatic nitrogens is 7. The Balaban J connectivity index is 1.57. The van der Waals surface area contributed by atoms with E-state index in [-0.39, 0.29) is 17.2 Å². The standard InChI is InChI=1S/C36H43ClN8O3/c1-6-10-19-32-39-35(37)33(34(46)31-18-14-17-28(38-31)24-43(7-2)48-9-4)44(32)23-26-20-21-29(27-15-12-11-13-16-27)30(22-26)36-40-41-42-45(36)25(5)47-8-3/h11-18,20-22,25H,6-10,19,23-24H2,1-5H3. The number of pyridine rings is 1. The van der Waals surface area contributed by atoms with Crippen molar-refractivity contribution in [2.45, 2.75) is 73.2 Å². The summed E-state index contributed by atoms with van der Waals surface area (Å²) in [4.78, 5) is 29.3. The lowest BCUT2D eigenvalue weighted by atomic mass is 9.96. The first-order valence-electron chi connectivity index (χ1n) is 16.6. The molecule has 3 aromatic heterocycles. The van der Waals surface area contributed by atoms with Crippen LogP contribution in [0.4, 0.5) is 0 Å². The molecule has 12 heteroatoms. The summed E-state index contributed by atoms with van der Waals surface area (Å²) in [5, 5.41) is 14.7. The van der Waals surface area contributed by atoms with Gasteiger partial charge in [0.1, 0.15) is 17.2 Å². The Bertz CT molecular complexity index is 1810. The minimum absolute atomic E-state index is 0.165. The molecule has 1 atom stereocenters. The molecule has 2 aromatic carbocycles. The maximum absolute atomic E-state index is 14.2. The molecule has 5 aromatic rings. The van der Waals surface area contributed by atoms with Crippen LogP contribution in [-0.2, 0) is 29.1 Å². The van der Waals surface area contributed by atoms with E-state index in [9.17, 15) is 4.79 Å². The number of hydrogen-bond donors (Lipinski definition) is 0. The van der Waals surface area contributed by atoms with Gasteiger partial charge in [0, 0.05) is 31.7 Å². The van der Waals surface area contributed by atoms with E-state index in [1.54, 1.807) is 10.7 Å². The highest BCUT2D eigenvalue weighted by Gasteiger charge is 2.26. The molecule has 0 amide bonds. The molecule has 0 spiro atoms. The molecule has 11 nitrogen and oxygen atoms in total. The topological polar surface area (TPSA) is 113 Å². The van der Waals surface area contributed by atoms with Gasteiger partial charge in [-0.15, -0.1) is 5.10 Å². The summed E-state index contributed by atoms with van der Waals surface area (Å²) in [7, 11) is 0. The van der Waals surface area contributed by atoms with E-state index in [1.165, 1.54) is 0 Å². The van der Waals surface area contributed by atoms with Crippen LogP contribution in [0, 0.1) is 0 Å². The third-order valence-electron chi connectivity index (χ3n) is 8.01. The number of ether oxygens (including phenoxy) is 1. The minimum atomic E-state index is -0.370. The lowest BCUT2D eigenvalue weighted by Gasteiger charge is -2.19. The van der Waals surface area contributed by atoms with Crippen molar-refractivity contribution >= 4 is 17.4 Å². The van der Waals surface area contributed by atoms with Crippen molar-refractivity contribution in [1.82, 2.24) is 39.8 Å². The van der Waals surface area contributed by atoms with E-state index in [1.807, 2.05) is 67.7 Å². The van der Waals surface area contributed by atoms with E-state index in [0.717, 1.165) is 46.6 Å². The van der Waals surface area contributed by atoms with Gasteiger partial charge in [-0.05, 0) is 72.5 Å². The van der Waals surface area contributed by atoms with Crippen LogP contribution < -0.4 is 0 Å². The summed E-state index contributed by atoms with van der Waals surface area (Å²) in [5.74, 6) is 1.04. The fourth-order valence-corrected chi connectivity index (χ4v) is 5.95. The van der Waals surface area contributed by atoms with Crippen LogP contribution >= 0.6 is 11.6 Å². The summed E-state index contributed by atoms with van der Waals surface area (Å²) in [6.07, 6.45) is 2.18. The molecule has 0 radical (unpaired) electrons. The van der Waals surface area contributed by atoms with Crippen LogP contribution in [0.3, 0.4) is 0 Å². The Hall–Kier alpha value is -4.29. The fourth-order valence-electron chi connectivity index (χ4n) is 5.66. The monoisotopic (exact) mass is 670 g/mol. The SMILES string of the molecule is CCCCc1nc(Cl)c(C(=O)c2cccc(CN(CC)OCC)n2)n1Cc1ccc(-c2ccccc2)c(-c2nnnn2C(C)OCC)c1. The Kier molecular flexibility index (Phi) is 12.2. The number of unbranched alkanes of at least 4 members (excludes halogenated alkanes) is 1. The second-order valence-corrected chi connectivity index (χ2v) is 11.7. The Morgan fingerprint density at radius 2 is 1.77 bits per heavy atom. The first-order valence-corrected chi connectivity index (χ1v) is 17.0. The lowest BCUT2D eigenvalue weighted by Crippen LogP contribution is -2.24. The van der Waals surface area contributed by atoms with Crippen molar-refractivity contribution in [3.8, 4) is 22.5 Å². The Morgan fingerprint density at radius 1 is 0.958 bits per heavy atom. The zero-order chi connectivity index (χ0) is 34.0. The number of nitrogens with zero attached hydrogens (tertiary/aromatic N) is 8. The third kappa shape index (κ3) is 8.04. The van der Waals surface area contributed by atoms with Crippen molar-refractivity contribution in [2.75, 3.05) is 19.8 Å². The van der Waals surface area contributed by atoms with Crippen LogP contribution in [0.2, 0.25) is 5.15 Å². The van der Waals surface area contributed by atoms with Gasteiger partial charge < -0.3 is 9.30 Å². The summed E-state index contributed by atoms with van der Waals surface area (Å²) < 4.78 is 9.47. The molecule has 0 saturated carbocycles. The minimum Gasteiger partial charge on any atom is -0.357 e. The molecule has 252 valence electrons. The lowest BCUT2D eigenvalue weighted by molar-refractivity contribution is -0.159. The highest BCUT2D eigenvalue weighted by Crippen LogP contribution is 2.34. The highest BCUT2D eigenvalue weighted by molar-refractivity contribution is 6.33. The van der Waals surface area contributed by atoms with Gasteiger partial charge in [0.15, 0.2) is 17.2 Å². The van der Waals surface area contributed by atoms with Crippen LogP contribution in [0.5, 0.6) is 0 Å². The fraction of sp³-hybridized carbons (Fsp3) is 0.389. The van der Waals surface area contributed by atoms with Crippen molar-refractivity contribution in [1.29, 1.82) is 0 Å². The maximum atomic E-state index is 14.2. The average Bonchev–Trinajstić information content (AvgIpc) is 3.72. The van der Waals surface area contributed by atoms with Gasteiger partial charge >= 0.3 is 0 Å². The molecule has 0 bridgehead atoms. The normalized spacial score (nSPS) is 12.1. The number of hydroxylamine groups is 2. The van der Waals surface area contributed by atoms with Crippen molar-refractivity contribution in [3.05, 3.63) is 100 Å². The van der Waals surface area contributed by atoms with Crippen LogP contribution in [0.15, 0.2) is 66.7 Å². The highest BCUT2D eigenvalue weighted by atomic mass is 35.5. The number of ketones is 1. The molecule has 0 N–H and O–H groups in total. The molecular weight excluding hydrogens is 628 g/mol. The smallest absolute Gasteiger partial charge is 0.230 e. The van der Waals surface area contributed by atoms with Crippen molar-refractivity contribution in [2.24, 2.45) is 0 Å². The second kappa shape index (κ2) is 16.7. The van der Waals surface area contributed by atoms with E-state index < -0.39 is 0 Å². The first kappa shape index (κ1) is 35.0. The van der Waals surface area contributed by atoms with E-state index >= 15 is 0 Å². The molecule has 0 aliphatic rings. The van der Waals surface area contributed by atoms with E-state index in [4.69, 9.17) is 31.1 Å². The summed E-state index contributed by atoms with van der Waals surface area (Å²) in [5.41, 5.74) is 5.11. The second-order valence-electron chi connectivity index (χ2n) is 11.3. The van der Waals surface area contributed by atoms with E-state index in [0.29, 0.717) is 56.5 Å². The van der Waals surface area contributed by atoms with Gasteiger partial charge in [-0.2, -0.15) is 9.75 Å². The van der Waals surface area contributed by atoms with Crippen LogP contribution in [0.25, 0.3) is 22.5 Å². The molecule has 3 heterocycles. The predicted molar refractivity (Wildman–Crippen MR) is 185 cm³/mol.